The molecule has 2 aromatic rings. The minimum absolute atomic E-state index is 0.164. The van der Waals surface area contributed by atoms with Crippen molar-refractivity contribution in [1.29, 1.82) is 5.26 Å². The van der Waals surface area contributed by atoms with Crippen molar-refractivity contribution in [1.82, 2.24) is 4.98 Å². The second-order valence-electron chi connectivity index (χ2n) is 3.52. The molecule has 0 aliphatic heterocycles. The molecule has 0 bridgehead atoms. The van der Waals surface area contributed by atoms with E-state index in [2.05, 4.69) is 4.98 Å². The third-order valence-corrected chi connectivity index (χ3v) is 2.51. The highest BCUT2D eigenvalue weighted by molar-refractivity contribution is 5.72. The van der Waals surface area contributed by atoms with Crippen molar-refractivity contribution >= 4 is 0 Å². The predicted molar refractivity (Wildman–Crippen MR) is 62.0 cm³/mol. The summed E-state index contributed by atoms with van der Waals surface area (Å²) in [6.45, 7) is 1.96. The number of pyridine rings is 1. The highest BCUT2D eigenvalue weighted by Crippen LogP contribution is 2.23. The number of nitrogens with one attached hydrogen (secondary N) is 1. The Morgan fingerprint density at radius 3 is 2.62 bits per heavy atom. The molecule has 2 rings (SSSR count). The van der Waals surface area contributed by atoms with E-state index in [0.717, 1.165) is 11.1 Å². The van der Waals surface area contributed by atoms with Crippen LogP contribution in [-0.2, 0) is 0 Å². The summed E-state index contributed by atoms with van der Waals surface area (Å²) >= 11 is 0. The molecule has 0 unspecified atom stereocenters. The lowest BCUT2D eigenvalue weighted by Gasteiger charge is -2.06. The topological polar surface area (TPSA) is 56.6 Å². The molecule has 1 aromatic carbocycles. The van der Waals surface area contributed by atoms with Crippen LogP contribution in [0.1, 0.15) is 11.1 Å². The lowest BCUT2D eigenvalue weighted by Crippen LogP contribution is -2.10. The number of benzene rings is 1. The molecule has 0 saturated heterocycles. The van der Waals surface area contributed by atoms with Crippen LogP contribution in [0.3, 0.4) is 0 Å². The molecule has 0 aliphatic carbocycles. The number of aromatic amines is 1. The van der Waals surface area contributed by atoms with Crippen LogP contribution < -0.4 is 5.56 Å². The molecule has 3 heteroatoms. The van der Waals surface area contributed by atoms with Gasteiger partial charge in [-0.25, -0.2) is 0 Å². The second kappa shape index (κ2) is 4.03. The summed E-state index contributed by atoms with van der Waals surface area (Å²) in [5, 5.41) is 8.98. The number of aryl methyl sites for hydroxylation is 1. The molecule has 1 N–H and O–H groups in total. The molecule has 1 heterocycles. The van der Waals surface area contributed by atoms with Gasteiger partial charge in [0.25, 0.3) is 5.56 Å². The van der Waals surface area contributed by atoms with Gasteiger partial charge in [-0.2, -0.15) is 5.26 Å². The van der Waals surface area contributed by atoms with E-state index in [-0.39, 0.29) is 11.1 Å². The van der Waals surface area contributed by atoms with Gasteiger partial charge in [0.15, 0.2) is 0 Å². The van der Waals surface area contributed by atoms with E-state index in [1.54, 1.807) is 12.3 Å². The molecule has 0 amide bonds. The van der Waals surface area contributed by atoms with Crippen LogP contribution in [0, 0.1) is 18.3 Å². The predicted octanol–water partition coefficient (Wildman–Crippen LogP) is 2.22. The van der Waals surface area contributed by atoms with Crippen LogP contribution in [0.4, 0.5) is 0 Å². The normalized spacial score (nSPS) is 9.75. The molecule has 0 atom stereocenters. The fourth-order valence-corrected chi connectivity index (χ4v) is 1.69. The third kappa shape index (κ3) is 1.61. The monoisotopic (exact) mass is 210 g/mol. The quantitative estimate of drug-likeness (QED) is 0.784. The maximum absolute atomic E-state index is 11.5. The lowest BCUT2D eigenvalue weighted by atomic mass is 9.98. The maximum atomic E-state index is 11.5. The Morgan fingerprint density at radius 2 is 1.94 bits per heavy atom. The smallest absolute Gasteiger partial charge is 0.266 e. The van der Waals surface area contributed by atoms with Gasteiger partial charge >= 0.3 is 0 Å². The van der Waals surface area contributed by atoms with Gasteiger partial charge in [0.1, 0.15) is 11.6 Å². The molecule has 0 fully saturated rings. The third-order valence-electron chi connectivity index (χ3n) is 2.51. The average molecular weight is 210 g/mol. The molecular weight excluding hydrogens is 200 g/mol. The summed E-state index contributed by atoms with van der Waals surface area (Å²) in [7, 11) is 0. The van der Waals surface area contributed by atoms with Crippen molar-refractivity contribution in [2.45, 2.75) is 6.92 Å². The van der Waals surface area contributed by atoms with Crippen molar-refractivity contribution in [2.24, 2.45) is 0 Å². The second-order valence-corrected chi connectivity index (χ2v) is 3.52. The molecule has 16 heavy (non-hydrogen) atoms. The Morgan fingerprint density at radius 1 is 1.19 bits per heavy atom. The Labute approximate surface area is 93.0 Å². The molecule has 0 spiro atoms. The highest BCUT2D eigenvalue weighted by Gasteiger charge is 2.09. The summed E-state index contributed by atoms with van der Waals surface area (Å²) in [4.78, 5) is 14.0. The number of aromatic nitrogens is 1. The summed E-state index contributed by atoms with van der Waals surface area (Å²) in [5.74, 6) is 0. The van der Waals surface area contributed by atoms with E-state index in [4.69, 9.17) is 5.26 Å². The fraction of sp³-hybridized carbons (Fsp3) is 0.0769. The Hall–Kier alpha value is -2.34. The minimum Gasteiger partial charge on any atom is -0.328 e. The van der Waals surface area contributed by atoms with Gasteiger partial charge in [-0.05, 0) is 24.1 Å². The van der Waals surface area contributed by atoms with Gasteiger partial charge in [-0.1, -0.05) is 24.3 Å². The zero-order chi connectivity index (χ0) is 11.5. The molecule has 78 valence electrons. The van der Waals surface area contributed by atoms with E-state index < -0.39 is 0 Å². The summed E-state index contributed by atoms with van der Waals surface area (Å²) in [6, 6.07) is 11.4. The number of hydrogen-bond acceptors (Lipinski definition) is 2. The molecule has 0 aliphatic rings. The zero-order valence-electron chi connectivity index (χ0n) is 8.82. The van der Waals surface area contributed by atoms with E-state index in [1.165, 1.54) is 0 Å². The van der Waals surface area contributed by atoms with Crippen molar-refractivity contribution in [3.63, 3.8) is 0 Å². The van der Waals surface area contributed by atoms with Gasteiger partial charge in [-0.3, -0.25) is 4.79 Å². The Kier molecular flexibility index (Phi) is 2.57. The van der Waals surface area contributed by atoms with Gasteiger partial charge < -0.3 is 4.98 Å². The van der Waals surface area contributed by atoms with Gasteiger partial charge in [0.2, 0.25) is 0 Å². The van der Waals surface area contributed by atoms with Crippen LogP contribution in [0.15, 0.2) is 41.3 Å². The summed E-state index contributed by atoms with van der Waals surface area (Å²) < 4.78 is 0. The fourth-order valence-electron chi connectivity index (χ4n) is 1.69. The lowest BCUT2D eigenvalue weighted by molar-refractivity contribution is 1.21. The van der Waals surface area contributed by atoms with Crippen molar-refractivity contribution in [2.75, 3.05) is 0 Å². The van der Waals surface area contributed by atoms with E-state index in [0.29, 0.717) is 5.56 Å². The maximum Gasteiger partial charge on any atom is 0.266 e. The van der Waals surface area contributed by atoms with Crippen LogP contribution in [0.25, 0.3) is 11.1 Å². The SMILES string of the molecule is Cc1ccccc1-c1cc[nH]c(=O)c1C#N. The Balaban J connectivity index is 2.76. The first-order valence-electron chi connectivity index (χ1n) is 4.92. The number of H-pyrrole nitrogens is 1. The number of hydrogen-bond donors (Lipinski definition) is 1. The van der Waals surface area contributed by atoms with E-state index >= 15 is 0 Å². The number of nitrogens with zero attached hydrogens (tertiary/aromatic N) is 1. The van der Waals surface area contributed by atoms with Crippen LogP contribution in [0.2, 0.25) is 0 Å². The molecule has 3 nitrogen and oxygen atoms in total. The summed E-state index contributed by atoms with van der Waals surface area (Å²) in [5.41, 5.74) is 2.47. The highest BCUT2D eigenvalue weighted by atomic mass is 16.1. The standard InChI is InChI=1S/C13H10N2O/c1-9-4-2-3-5-10(9)11-6-7-15-13(16)12(11)8-14/h2-7H,1H3,(H,15,16). The first kappa shape index (κ1) is 10.2. The number of nitriles is 1. The van der Waals surface area contributed by atoms with Crippen LogP contribution >= 0.6 is 0 Å². The van der Waals surface area contributed by atoms with Crippen molar-refractivity contribution in [3.8, 4) is 17.2 Å². The van der Waals surface area contributed by atoms with Crippen LogP contribution in [0.5, 0.6) is 0 Å². The molecule has 1 aromatic heterocycles. The molecular formula is C13H10N2O. The zero-order valence-corrected chi connectivity index (χ0v) is 8.82. The number of rotatable bonds is 1. The Bertz CT molecular complexity index is 620. The largest absolute Gasteiger partial charge is 0.328 e. The summed E-state index contributed by atoms with van der Waals surface area (Å²) in [6.07, 6.45) is 1.56. The van der Waals surface area contributed by atoms with Crippen molar-refractivity contribution in [3.05, 3.63) is 58.0 Å². The first-order chi connectivity index (χ1) is 7.74. The average Bonchev–Trinajstić information content (AvgIpc) is 2.29. The first-order valence-corrected chi connectivity index (χ1v) is 4.92. The van der Waals surface area contributed by atoms with Crippen molar-refractivity contribution < 1.29 is 0 Å². The minimum atomic E-state index is -0.344. The molecule has 0 saturated carbocycles. The van der Waals surface area contributed by atoms with E-state index in [9.17, 15) is 4.79 Å². The van der Waals surface area contributed by atoms with Gasteiger partial charge in [0.05, 0.1) is 0 Å². The van der Waals surface area contributed by atoms with Gasteiger partial charge in [-0.15, -0.1) is 0 Å². The van der Waals surface area contributed by atoms with Gasteiger partial charge in [0, 0.05) is 11.8 Å². The van der Waals surface area contributed by atoms with Crippen LogP contribution in [-0.4, -0.2) is 4.98 Å². The molecule has 0 radical (unpaired) electrons. The van der Waals surface area contributed by atoms with E-state index in [1.807, 2.05) is 37.3 Å².